The summed E-state index contributed by atoms with van der Waals surface area (Å²) < 4.78 is 0. The van der Waals surface area contributed by atoms with E-state index in [1.807, 2.05) is 54.7 Å². The van der Waals surface area contributed by atoms with Gasteiger partial charge >= 0.3 is 6.03 Å². The van der Waals surface area contributed by atoms with E-state index in [0.29, 0.717) is 23.8 Å². The number of urea groups is 1. The molecule has 29 heavy (non-hydrogen) atoms. The van der Waals surface area contributed by atoms with Crippen LogP contribution in [0.4, 0.5) is 16.2 Å². The SMILES string of the molecule is O=C(CNC(=O)N1CCN(c2ccc(Cl)cc2)CC1)Nc1ccc2[nH]ccc2c1. The molecule has 0 bridgehead atoms. The summed E-state index contributed by atoms with van der Waals surface area (Å²) in [6, 6.07) is 15.0. The molecule has 1 aliphatic rings. The van der Waals surface area contributed by atoms with Gasteiger partial charge in [-0.15, -0.1) is 0 Å². The van der Waals surface area contributed by atoms with E-state index in [4.69, 9.17) is 11.6 Å². The van der Waals surface area contributed by atoms with Crippen molar-refractivity contribution in [2.45, 2.75) is 0 Å². The van der Waals surface area contributed by atoms with E-state index in [-0.39, 0.29) is 18.5 Å². The van der Waals surface area contributed by atoms with Crippen molar-refractivity contribution in [2.75, 3.05) is 42.9 Å². The summed E-state index contributed by atoms with van der Waals surface area (Å²) in [4.78, 5) is 31.6. The Hall–Kier alpha value is -3.19. The molecule has 3 N–H and O–H groups in total. The standard InChI is InChI=1S/C21H22ClN5O2/c22-16-1-4-18(5-2-16)26-9-11-27(12-10-26)21(29)24-14-20(28)25-17-3-6-19-15(13-17)7-8-23-19/h1-8,13,23H,9-12,14H2,(H,24,29)(H,25,28). The van der Waals surface area contributed by atoms with Crippen molar-refractivity contribution in [2.24, 2.45) is 0 Å². The van der Waals surface area contributed by atoms with Crippen LogP contribution in [0.15, 0.2) is 54.7 Å². The Labute approximate surface area is 173 Å². The first-order chi connectivity index (χ1) is 14.1. The van der Waals surface area contributed by atoms with Gasteiger partial charge in [0.15, 0.2) is 0 Å². The van der Waals surface area contributed by atoms with Crippen LogP contribution in [0, 0.1) is 0 Å². The lowest BCUT2D eigenvalue weighted by Crippen LogP contribution is -2.52. The lowest BCUT2D eigenvalue weighted by atomic mass is 10.2. The molecular formula is C21H22ClN5O2. The molecule has 1 fully saturated rings. The molecular weight excluding hydrogens is 390 g/mol. The van der Waals surface area contributed by atoms with Crippen molar-refractivity contribution >= 4 is 45.8 Å². The number of fused-ring (bicyclic) bond motifs is 1. The van der Waals surface area contributed by atoms with Gasteiger partial charge in [-0.3, -0.25) is 4.79 Å². The van der Waals surface area contributed by atoms with Gasteiger partial charge < -0.3 is 25.4 Å². The molecule has 150 valence electrons. The number of hydrogen-bond donors (Lipinski definition) is 3. The molecule has 3 amide bonds. The zero-order valence-electron chi connectivity index (χ0n) is 15.8. The van der Waals surface area contributed by atoms with Crippen molar-refractivity contribution in [3.8, 4) is 0 Å². The molecule has 0 spiro atoms. The van der Waals surface area contributed by atoms with Crippen LogP contribution in [0.2, 0.25) is 5.02 Å². The van der Waals surface area contributed by atoms with Gasteiger partial charge in [0, 0.05) is 59.7 Å². The first kappa shape index (κ1) is 19.1. The second kappa shape index (κ2) is 8.45. The number of aromatic amines is 1. The lowest BCUT2D eigenvalue weighted by Gasteiger charge is -2.36. The fourth-order valence-electron chi connectivity index (χ4n) is 3.42. The van der Waals surface area contributed by atoms with Crippen molar-refractivity contribution < 1.29 is 9.59 Å². The van der Waals surface area contributed by atoms with Crippen LogP contribution in [-0.4, -0.2) is 54.5 Å². The summed E-state index contributed by atoms with van der Waals surface area (Å²) in [7, 11) is 0. The second-order valence-corrected chi connectivity index (χ2v) is 7.37. The van der Waals surface area contributed by atoms with Gasteiger partial charge in [-0.1, -0.05) is 11.6 Å². The number of piperazine rings is 1. The van der Waals surface area contributed by atoms with E-state index < -0.39 is 0 Å². The molecule has 1 aliphatic heterocycles. The maximum absolute atomic E-state index is 12.4. The second-order valence-electron chi connectivity index (χ2n) is 6.94. The number of halogens is 1. The van der Waals surface area contributed by atoms with E-state index in [1.165, 1.54) is 0 Å². The predicted octanol–water partition coefficient (Wildman–Crippen LogP) is 3.29. The summed E-state index contributed by atoms with van der Waals surface area (Å²) in [6.45, 7) is 2.59. The van der Waals surface area contributed by atoms with Crippen molar-refractivity contribution in [1.29, 1.82) is 0 Å². The number of nitrogens with one attached hydrogen (secondary N) is 3. The largest absolute Gasteiger partial charge is 0.368 e. The normalized spacial score (nSPS) is 14.1. The van der Waals surface area contributed by atoms with E-state index in [9.17, 15) is 9.59 Å². The molecule has 2 heterocycles. The minimum Gasteiger partial charge on any atom is -0.368 e. The molecule has 0 saturated carbocycles. The van der Waals surface area contributed by atoms with Crippen LogP contribution in [0.25, 0.3) is 10.9 Å². The molecule has 1 aromatic heterocycles. The third-order valence-corrected chi connectivity index (χ3v) is 5.25. The smallest absolute Gasteiger partial charge is 0.317 e. The highest BCUT2D eigenvalue weighted by Crippen LogP contribution is 2.20. The van der Waals surface area contributed by atoms with Gasteiger partial charge in [0.2, 0.25) is 5.91 Å². The number of nitrogens with zero attached hydrogens (tertiary/aromatic N) is 2. The van der Waals surface area contributed by atoms with Crippen LogP contribution in [-0.2, 0) is 4.79 Å². The molecule has 4 rings (SSSR count). The maximum atomic E-state index is 12.4. The maximum Gasteiger partial charge on any atom is 0.317 e. The Morgan fingerprint density at radius 3 is 2.52 bits per heavy atom. The molecule has 8 heteroatoms. The average molecular weight is 412 g/mol. The number of carbonyl (C=O) groups excluding carboxylic acids is 2. The Morgan fingerprint density at radius 1 is 1.00 bits per heavy atom. The van der Waals surface area contributed by atoms with E-state index in [2.05, 4.69) is 20.5 Å². The fraction of sp³-hybridized carbons (Fsp3) is 0.238. The third kappa shape index (κ3) is 4.63. The minimum atomic E-state index is -0.256. The molecule has 0 aliphatic carbocycles. The zero-order valence-corrected chi connectivity index (χ0v) is 16.6. The first-order valence-electron chi connectivity index (χ1n) is 9.49. The number of H-pyrrole nitrogens is 1. The number of hydrogen-bond acceptors (Lipinski definition) is 3. The molecule has 1 saturated heterocycles. The van der Waals surface area contributed by atoms with E-state index >= 15 is 0 Å². The summed E-state index contributed by atoms with van der Waals surface area (Å²) in [5.74, 6) is -0.256. The van der Waals surface area contributed by atoms with Crippen LogP contribution in [0.5, 0.6) is 0 Å². The highest BCUT2D eigenvalue weighted by Gasteiger charge is 2.21. The minimum absolute atomic E-state index is 0.0680. The van der Waals surface area contributed by atoms with Crippen LogP contribution < -0.4 is 15.5 Å². The van der Waals surface area contributed by atoms with Crippen molar-refractivity contribution in [3.63, 3.8) is 0 Å². The number of benzene rings is 2. The monoisotopic (exact) mass is 411 g/mol. The summed E-state index contributed by atoms with van der Waals surface area (Å²) in [5, 5.41) is 7.24. The van der Waals surface area contributed by atoms with E-state index in [0.717, 1.165) is 29.7 Å². The number of anilines is 2. The Bertz CT molecular complexity index is 1010. The number of rotatable bonds is 4. The predicted molar refractivity (Wildman–Crippen MR) is 116 cm³/mol. The van der Waals surface area contributed by atoms with Crippen molar-refractivity contribution in [1.82, 2.24) is 15.2 Å². The average Bonchev–Trinajstić information content (AvgIpc) is 3.20. The highest BCUT2D eigenvalue weighted by atomic mass is 35.5. The molecule has 7 nitrogen and oxygen atoms in total. The molecule has 0 atom stereocenters. The summed E-state index contributed by atoms with van der Waals surface area (Å²) in [5.41, 5.74) is 2.80. The topological polar surface area (TPSA) is 80.5 Å². The highest BCUT2D eigenvalue weighted by molar-refractivity contribution is 6.30. The third-order valence-electron chi connectivity index (χ3n) is 5.00. The summed E-state index contributed by atoms with van der Waals surface area (Å²) in [6.07, 6.45) is 1.85. The number of carbonyl (C=O) groups is 2. The van der Waals surface area contributed by atoms with Crippen LogP contribution in [0.3, 0.4) is 0 Å². The Balaban J connectivity index is 1.23. The van der Waals surface area contributed by atoms with Gasteiger partial charge in [0.05, 0.1) is 6.54 Å². The van der Waals surface area contributed by atoms with Gasteiger partial charge in [0.1, 0.15) is 0 Å². The first-order valence-corrected chi connectivity index (χ1v) is 9.86. The quantitative estimate of drug-likeness (QED) is 0.616. The van der Waals surface area contributed by atoms with Crippen LogP contribution >= 0.6 is 11.6 Å². The Kier molecular flexibility index (Phi) is 5.57. The fourth-order valence-corrected chi connectivity index (χ4v) is 3.55. The zero-order chi connectivity index (χ0) is 20.2. The molecule has 2 aromatic carbocycles. The van der Waals surface area contributed by atoms with Gasteiger partial charge in [-0.25, -0.2) is 4.79 Å². The Morgan fingerprint density at radius 2 is 1.76 bits per heavy atom. The molecule has 0 radical (unpaired) electrons. The molecule has 3 aromatic rings. The van der Waals surface area contributed by atoms with Crippen molar-refractivity contribution in [3.05, 3.63) is 59.8 Å². The molecule has 0 unspecified atom stereocenters. The summed E-state index contributed by atoms with van der Waals surface area (Å²) >= 11 is 5.93. The number of amides is 3. The lowest BCUT2D eigenvalue weighted by molar-refractivity contribution is -0.115. The number of aromatic nitrogens is 1. The van der Waals surface area contributed by atoms with Gasteiger partial charge in [-0.05, 0) is 48.5 Å². The van der Waals surface area contributed by atoms with Crippen LogP contribution in [0.1, 0.15) is 0 Å². The van der Waals surface area contributed by atoms with Gasteiger partial charge in [0.25, 0.3) is 0 Å². The van der Waals surface area contributed by atoms with E-state index in [1.54, 1.807) is 4.90 Å². The van der Waals surface area contributed by atoms with Gasteiger partial charge in [-0.2, -0.15) is 0 Å².